The maximum Gasteiger partial charge on any atom is 0.697 e. The molecule has 0 aromatic heterocycles. The van der Waals surface area contributed by atoms with Crippen molar-refractivity contribution in [1.82, 2.24) is 0 Å². The first-order chi connectivity index (χ1) is 5.81. The molecule has 0 N–H and O–H groups in total. The second-order valence-corrected chi connectivity index (χ2v) is 3.56. The van der Waals surface area contributed by atoms with Gasteiger partial charge in [-0.25, -0.2) is 0 Å². The first kappa shape index (κ1) is 16.8. The number of rotatable bonds is 8. The van der Waals surface area contributed by atoms with Gasteiger partial charge in [-0.15, -0.1) is 9.05 Å². The molecule has 0 aromatic rings. The molecule has 76 valence electrons. The van der Waals surface area contributed by atoms with Crippen LogP contribution in [0.5, 0.6) is 0 Å². The Bertz CT molecular complexity index is 110. The van der Waals surface area contributed by atoms with Crippen LogP contribution in [0.1, 0.15) is 39.5 Å². The van der Waals surface area contributed by atoms with E-state index in [2.05, 4.69) is 13.8 Å². The third kappa shape index (κ3) is 13.4. The first-order valence-electron chi connectivity index (χ1n) is 4.54. The molecule has 0 aliphatic heterocycles. The molecule has 0 atom stereocenters. The van der Waals surface area contributed by atoms with Crippen LogP contribution >= 0.6 is 8.25 Å². The average molecular weight is 337 g/mol. The van der Waals surface area contributed by atoms with Crippen molar-refractivity contribution >= 4 is 8.25 Å². The minimum Gasteiger partial charge on any atom is -0.119 e. The van der Waals surface area contributed by atoms with Crippen molar-refractivity contribution in [1.29, 1.82) is 0 Å². The molecule has 0 saturated carbocycles. The summed E-state index contributed by atoms with van der Waals surface area (Å²) in [6.45, 7) is 5.21. The molecule has 0 aliphatic rings. The van der Waals surface area contributed by atoms with E-state index in [4.69, 9.17) is 9.05 Å². The SMILES string of the molecule is CCCCO[P+](=O)OCCCC.[Nd]. The van der Waals surface area contributed by atoms with Crippen molar-refractivity contribution in [3.63, 3.8) is 0 Å². The molecule has 13 heavy (non-hydrogen) atoms. The van der Waals surface area contributed by atoms with Crippen LogP contribution in [0, 0.1) is 40.8 Å². The molecule has 0 aliphatic carbocycles. The molecule has 0 radical (unpaired) electrons. The molecule has 5 heteroatoms. The Kier molecular flexibility index (Phi) is 17.3. The summed E-state index contributed by atoms with van der Waals surface area (Å²) in [7, 11) is -1.85. The van der Waals surface area contributed by atoms with E-state index < -0.39 is 8.25 Å². The van der Waals surface area contributed by atoms with E-state index in [0.717, 1.165) is 25.7 Å². The topological polar surface area (TPSA) is 35.5 Å². The van der Waals surface area contributed by atoms with Crippen molar-refractivity contribution in [2.75, 3.05) is 13.2 Å². The van der Waals surface area contributed by atoms with Crippen LogP contribution in [-0.4, -0.2) is 13.2 Å². The van der Waals surface area contributed by atoms with Crippen molar-refractivity contribution in [2.45, 2.75) is 39.5 Å². The summed E-state index contributed by atoms with van der Waals surface area (Å²) in [5.74, 6) is 0. The van der Waals surface area contributed by atoms with Gasteiger partial charge in [0.2, 0.25) is 0 Å². The Morgan fingerprint density at radius 3 is 1.69 bits per heavy atom. The Labute approximate surface area is 114 Å². The molecule has 0 saturated heterocycles. The maximum absolute atomic E-state index is 10.9. The summed E-state index contributed by atoms with van der Waals surface area (Å²) < 4.78 is 20.7. The zero-order valence-electron chi connectivity index (χ0n) is 8.41. The van der Waals surface area contributed by atoms with Gasteiger partial charge >= 0.3 is 8.25 Å². The molecule has 3 nitrogen and oxygen atoms in total. The molecule has 0 heterocycles. The van der Waals surface area contributed by atoms with E-state index in [9.17, 15) is 4.57 Å². The zero-order chi connectivity index (χ0) is 9.23. The van der Waals surface area contributed by atoms with Gasteiger partial charge in [0.05, 0.1) is 0 Å². The van der Waals surface area contributed by atoms with Gasteiger partial charge in [-0.3, -0.25) is 0 Å². The van der Waals surface area contributed by atoms with Gasteiger partial charge < -0.3 is 0 Å². The molecule has 0 aromatic carbocycles. The number of unbranched alkanes of at least 4 members (excludes halogenated alkanes) is 2. The summed E-state index contributed by atoms with van der Waals surface area (Å²) in [6, 6.07) is 0. The molecule has 0 spiro atoms. The fourth-order valence-electron chi connectivity index (χ4n) is 0.604. The Hall–Kier alpha value is 1.37. The monoisotopic (exact) mass is 335 g/mol. The Morgan fingerprint density at radius 1 is 1.00 bits per heavy atom. The third-order valence-electron chi connectivity index (χ3n) is 1.39. The van der Waals surface area contributed by atoms with E-state index in [1.54, 1.807) is 0 Å². The van der Waals surface area contributed by atoms with E-state index in [-0.39, 0.29) is 40.8 Å². The fourth-order valence-corrected chi connectivity index (χ4v) is 1.23. The average Bonchev–Trinajstić information content (AvgIpc) is 2.06. The third-order valence-corrected chi connectivity index (χ3v) is 2.18. The predicted molar refractivity (Wildman–Crippen MR) is 49.3 cm³/mol. The number of hydrogen-bond donors (Lipinski definition) is 0. The zero-order valence-corrected chi connectivity index (χ0v) is 12.5. The smallest absolute Gasteiger partial charge is 0.119 e. The van der Waals surface area contributed by atoms with Crippen molar-refractivity contribution < 1.29 is 54.5 Å². The molecular weight excluding hydrogens is 319 g/mol. The van der Waals surface area contributed by atoms with Crippen molar-refractivity contribution in [3.05, 3.63) is 0 Å². The Morgan fingerprint density at radius 2 is 1.38 bits per heavy atom. The van der Waals surface area contributed by atoms with Crippen LogP contribution in [0.25, 0.3) is 0 Å². The fraction of sp³-hybridized carbons (Fsp3) is 1.00. The van der Waals surface area contributed by atoms with Gasteiger partial charge in [-0.2, -0.15) is 0 Å². The molecule has 0 unspecified atom stereocenters. The van der Waals surface area contributed by atoms with Gasteiger partial charge in [0, 0.05) is 45.4 Å². The predicted octanol–water partition coefficient (Wildman–Crippen LogP) is 3.28. The Balaban J connectivity index is 0. The second kappa shape index (κ2) is 13.4. The normalized spacial score (nSPS) is 9.38. The first-order valence-corrected chi connectivity index (χ1v) is 5.63. The van der Waals surface area contributed by atoms with Crippen LogP contribution in [0.4, 0.5) is 0 Å². The molecule has 0 amide bonds. The summed E-state index contributed by atoms with van der Waals surface area (Å²) >= 11 is 0. The minimum absolute atomic E-state index is 0. The van der Waals surface area contributed by atoms with Crippen molar-refractivity contribution in [2.24, 2.45) is 0 Å². The second-order valence-electron chi connectivity index (χ2n) is 2.60. The van der Waals surface area contributed by atoms with Gasteiger partial charge in [0.1, 0.15) is 13.2 Å². The number of hydrogen-bond acceptors (Lipinski definition) is 3. The molecule has 0 bridgehead atoms. The van der Waals surface area contributed by atoms with Gasteiger partial charge in [0.15, 0.2) is 0 Å². The summed E-state index contributed by atoms with van der Waals surface area (Å²) in [5.41, 5.74) is 0. The van der Waals surface area contributed by atoms with Crippen LogP contribution < -0.4 is 0 Å². The van der Waals surface area contributed by atoms with Crippen LogP contribution in [0.2, 0.25) is 0 Å². The van der Waals surface area contributed by atoms with Crippen LogP contribution in [0.3, 0.4) is 0 Å². The van der Waals surface area contributed by atoms with Crippen molar-refractivity contribution in [3.8, 4) is 0 Å². The van der Waals surface area contributed by atoms with E-state index in [1.807, 2.05) is 0 Å². The largest absolute Gasteiger partial charge is 0.697 e. The summed E-state index contributed by atoms with van der Waals surface area (Å²) in [6.07, 6.45) is 3.99. The molecule has 0 rings (SSSR count). The van der Waals surface area contributed by atoms with Gasteiger partial charge in [-0.05, 0) is 12.8 Å². The maximum atomic E-state index is 10.9. The van der Waals surface area contributed by atoms with E-state index >= 15 is 0 Å². The van der Waals surface area contributed by atoms with Gasteiger partial charge in [-0.1, -0.05) is 26.7 Å². The van der Waals surface area contributed by atoms with Crippen LogP contribution in [-0.2, 0) is 13.6 Å². The van der Waals surface area contributed by atoms with E-state index in [1.165, 1.54) is 0 Å². The standard InChI is InChI=1S/C8H18O3P.Nd/c1-3-5-7-10-12(9)11-8-6-4-2;/h3-8H2,1-2H3;/q+1;. The molecular formula is C8H18NdO3P+. The molecule has 0 fully saturated rings. The summed E-state index contributed by atoms with van der Waals surface area (Å²) in [4.78, 5) is 0. The van der Waals surface area contributed by atoms with Crippen LogP contribution in [0.15, 0.2) is 0 Å². The quantitative estimate of drug-likeness (QED) is 0.504. The minimum atomic E-state index is -1.85. The van der Waals surface area contributed by atoms with E-state index in [0.29, 0.717) is 13.2 Å². The summed E-state index contributed by atoms with van der Waals surface area (Å²) in [5, 5.41) is 0. The van der Waals surface area contributed by atoms with Gasteiger partial charge in [0.25, 0.3) is 0 Å².